The lowest BCUT2D eigenvalue weighted by molar-refractivity contribution is 0.613. The number of hydrogen-bond acceptors (Lipinski definition) is 4. The van der Waals surface area contributed by atoms with Gasteiger partial charge in [-0.05, 0) is 61.7 Å². The van der Waals surface area contributed by atoms with E-state index in [0.717, 1.165) is 59.9 Å². The summed E-state index contributed by atoms with van der Waals surface area (Å²) in [6.07, 6.45) is 5.30. The molecular formula is C25H26N6. The minimum atomic E-state index is 0.128. The van der Waals surface area contributed by atoms with Crippen molar-refractivity contribution >= 4 is 11.0 Å². The van der Waals surface area contributed by atoms with Crippen molar-refractivity contribution in [2.75, 3.05) is 13.1 Å². The van der Waals surface area contributed by atoms with Gasteiger partial charge < -0.3 is 20.6 Å². The van der Waals surface area contributed by atoms with Crippen molar-refractivity contribution in [3.63, 3.8) is 0 Å². The Balaban J connectivity index is 1.31. The van der Waals surface area contributed by atoms with Crippen LogP contribution >= 0.6 is 0 Å². The fourth-order valence-electron chi connectivity index (χ4n) is 4.75. The van der Waals surface area contributed by atoms with Crippen LogP contribution in [0.3, 0.4) is 0 Å². The summed E-state index contributed by atoms with van der Waals surface area (Å²) < 4.78 is 0. The zero-order valence-electron chi connectivity index (χ0n) is 17.4. The molecule has 0 radical (unpaired) electrons. The highest BCUT2D eigenvalue weighted by atomic mass is 15.0. The van der Waals surface area contributed by atoms with Gasteiger partial charge in [-0.3, -0.25) is 0 Å². The number of nitrogens with zero attached hydrogens (tertiary/aromatic N) is 2. The van der Waals surface area contributed by atoms with E-state index in [4.69, 9.17) is 4.98 Å². The van der Waals surface area contributed by atoms with Gasteiger partial charge >= 0.3 is 0 Å². The molecule has 6 rings (SSSR count). The first-order chi connectivity index (χ1) is 15.2. The number of aromatic amines is 2. The van der Waals surface area contributed by atoms with Gasteiger partial charge in [0, 0.05) is 5.56 Å². The molecule has 2 aromatic heterocycles. The predicted molar refractivity (Wildman–Crippen MR) is 124 cm³/mol. The van der Waals surface area contributed by atoms with Crippen LogP contribution < -0.4 is 10.6 Å². The third kappa shape index (κ3) is 3.38. The molecule has 0 amide bonds. The highest BCUT2D eigenvalue weighted by Crippen LogP contribution is 2.31. The van der Waals surface area contributed by atoms with Crippen molar-refractivity contribution in [3.05, 3.63) is 72.5 Å². The van der Waals surface area contributed by atoms with Gasteiger partial charge in [-0.25, -0.2) is 9.97 Å². The zero-order chi connectivity index (χ0) is 20.8. The summed E-state index contributed by atoms with van der Waals surface area (Å²) in [4.78, 5) is 16.4. The lowest BCUT2D eigenvalue weighted by atomic mass is 10.0. The van der Waals surface area contributed by atoms with Crippen LogP contribution in [0.15, 0.2) is 60.8 Å². The minimum absolute atomic E-state index is 0.128. The fraction of sp³-hybridized carbons (Fsp3) is 0.280. The molecule has 4 heterocycles. The number of aromatic nitrogens is 4. The van der Waals surface area contributed by atoms with Crippen molar-refractivity contribution in [1.29, 1.82) is 0 Å². The quantitative estimate of drug-likeness (QED) is 0.370. The van der Waals surface area contributed by atoms with Crippen LogP contribution in [0.2, 0.25) is 0 Å². The molecule has 2 fully saturated rings. The Morgan fingerprint density at radius 1 is 0.903 bits per heavy atom. The molecule has 2 saturated heterocycles. The van der Waals surface area contributed by atoms with Gasteiger partial charge in [-0.1, -0.05) is 36.4 Å². The number of fused-ring (bicyclic) bond motifs is 1. The summed E-state index contributed by atoms with van der Waals surface area (Å²) in [5.74, 6) is 1.99. The Morgan fingerprint density at radius 2 is 1.81 bits per heavy atom. The number of hydrogen-bond donors (Lipinski definition) is 4. The predicted octanol–water partition coefficient (Wildman–Crippen LogP) is 4.64. The third-order valence-corrected chi connectivity index (χ3v) is 6.47. The second-order valence-electron chi connectivity index (χ2n) is 8.56. The molecule has 6 heteroatoms. The third-order valence-electron chi connectivity index (χ3n) is 6.47. The largest absolute Gasteiger partial charge is 0.341 e. The molecule has 31 heavy (non-hydrogen) atoms. The number of H-pyrrole nitrogens is 2. The fourth-order valence-corrected chi connectivity index (χ4v) is 4.75. The van der Waals surface area contributed by atoms with E-state index in [1.807, 2.05) is 6.20 Å². The molecule has 2 aliphatic rings. The molecule has 4 N–H and O–H groups in total. The Morgan fingerprint density at radius 3 is 2.65 bits per heavy atom. The molecule has 2 aliphatic heterocycles. The van der Waals surface area contributed by atoms with E-state index in [2.05, 4.69) is 74.6 Å². The van der Waals surface area contributed by atoms with Gasteiger partial charge in [0.15, 0.2) is 0 Å². The maximum Gasteiger partial charge on any atom is 0.128 e. The summed E-state index contributed by atoms with van der Waals surface area (Å²) >= 11 is 0. The molecular weight excluding hydrogens is 384 g/mol. The summed E-state index contributed by atoms with van der Waals surface area (Å²) in [5, 5.41) is 6.97. The molecule has 2 unspecified atom stereocenters. The van der Waals surface area contributed by atoms with E-state index in [1.54, 1.807) is 0 Å². The molecule has 2 aromatic carbocycles. The van der Waals surface area contributed by atoms with E-state index in [9.17, 15) is 0 Å². The summed E-state index contributed by atoms with van der Waals surface area (Å²) in [6, 6.07) is 15.5. The standard InChI is InChI=1S/C25H26N6/c1-15-9-11-27-23(15)25-29-19-8-7-17(13-21(19)30-25)16-4-2-5-18(12-16)22-14-28-24(31-22)20-6-3-10-26-20/h2,4-5,7-8,12-14,20,23,26-27H,1,3,6,9-11H2,(H,28,31)(H,29,30). The van der Waals surface area contributed by atoms with Crippen LogP contribution in [-0.4, -0.2) is 33.0 Å². The summed E-state index contributed by atoms with van der Waals surface area (Å²) in [7, 11) is 0. The van der Waals surface area contributed by atoms with Gasteiger partial charge in [0.1, 0.15) is 11.6 Å². The van der Waals surface area contributed by atoms with E-state index in [1.165, 1.54) is 23.1 Å². The van der Waals surface area contributed by atoms with E-state index >= 15 is 0 Å². The van der Waals surface area contributed by atoms with Gasteiger partial charge in [-0.2, -0.15) is 0 Å². The Hall–Kier alpha value is -3.22. The number of imidazole rings is 2. The number of benzene rings is 2. The lowest BCUT2D eigenvalue weighted by Gasteiger charge is -2.07. The second kappa shape index (κ2) is 7.48. The molecule has 0 saturated carbocycles. The van der Waals surface area contributed by atoms with Crippen molar-refractivity contribution < 1.29 is 0 Å². The Labute approximate surface area is 181 Å². The van der Waals surface area contributed by atoms with Gasteiger partial charge in [-0.15, -0.1) is 0 Å². The van der Waals surface area contributed by atoms with Crippen LogP contribution in [-0.2, 0) is 0 Å². The molecule has 6 nitrogen and oxygen atoms in total. The van der Waals surface area contributed by atoms with Crippen molar-refractivity contribution in [3.8, 4) is 22.4 Å². The molecule has 156 valence electrons. The molecule has 0 bridgehead atoms. The molecule has 2 atom stereocenters. The number of rotatable bonds is 4. The van der Waals surface area contributed by atoms with Crippen LogP contribution in [0.1, 0.15) is 43.0 Å². The highest BCUT2D eigenvalue weighted by molar-refractivity contribution is 5.83. The average molecular weight is 411 g/mol. The van der Waals surface area contributed by atoms with Crippen molar-refractivity contribution in [2.24, 2.45) is 0 Å². The maximum atomic E-state index is 4.79. The summed E-state index contributed by atoms with van der Waals surface area (Å²) in [6.45, 7) is 6.21. The first-order valence-electron chi connectivity index (χ1n) is 11.0. The van der Waals surface area contributed by atoms with Crippen LogP contribution in [0.5, 0.6) is 0 Å². The molecule has 0 spiro atoms. The second-order valence-corrected chi connectivity index (χ2v) is 8.56. The van der Waals surface area contributed by atoms with Crippen LogP contribution in [0.25, 0.3) is 33.4 Å². The van der Waals surface area contributed by atoms with Crippen LogP contribution in [0.4, 0.5) is 0 Å². The highest BCUT2D eigenvalue weighted by Gasteiger charge is 2.23. The normalized spacial score (nSPS) is 21.4. The number of nitrogens with one attached hydrogen (secondary N) is 4. The monoisotopic (exact) mass is 410 g/mol. The Bertz CT molecular complexity index is 1260. The van der Waals surface area contributed by atoms with Gasteiger partial charge in [0.05, 0.1) is 35.0 Å². The van der Waals surface area contributed by atoms with Crippen molar-refractivity contribution in [1.82, 2.24) is 30.6 Å². The summed E-state index contributed by atoms with van der Waals surface area (Å²) in [5.41, 5.74) is 7.77. The topological polar surface area (TPSA) is 81.4 Å². The molecule has 0 aliphatic carbocycles. The molecule has 4 aromatic rings. The lowest BCUT2D eigenvalue weighted by Crippen LogP contribution is -2.14. The van der Waals surface area contributed by atoms with Gasteiger partial charge in [0.25, 0.3) is 0 Å². The minimum Gasteiger partial charge on any atom is -0.341 e. The SMILES string of the molecule is C=C1CCNC1c1nc2ccc(-c3cccc(-c4cnc(C5CCCN5)[nH]4)c3)cc2[nH]1. The van der Waals surface area contributed by atoms with E-state index in [0.29, 0.717) is 6.04 Å². The zero-order valence-corrected chi connectivity index (χ0v) is 17.4. The average Bonchev–Trinajstić information content (AvgIpc) is 3.59. The maximum absolute atomic E-state index is 4.79. The first kappa shape index (κ1) is 18.5. The first-order valence-corrected chi connectivity index (χ1v) is 11.0. The smallest absolute Gasteiger partial charge is 0.128 e. The van der Waals surface area contributed by atoms with Gasteiger partial charge in [0.2, 0.25) is 0 Å². The Kier molecular flexibility index (Phi) is 4.47. The van der Waals surface area contributed by atoms with Crippen molar-refractivity contribution in [2.45, 2.75) is 31.3 Å². The van der Waals surface area contributed by atoms with Crippen LogP contribution in [0, 0.1) is 0 Å². The van der Waals surface area contributed by atoms with E-state index in [-0.39, 0.29) is 6.04 Å². The van der Waals surface area contributed by atoms with E-state index < -0.39 is 0 Å².